The van der Waals surface area contributed by atoms with Gasteiger partial charge in [0.15, 0.2) is 0 Å². The van der Waals surface area contributed by atoms with E-state index in [1.807, 2.05) is 18.2 Å². The first-order valence-electron chi connectivity index (χ1n) is 3.77. The Balaban J connectivity index is 2.80. The summed E-state index contributed by atoms with van der Waals surface area (Å²) in [5.74, 6) is 0. The molecule has 0 spiro atoms. The maximum Gasteiger partial charge on any atom is 0.0840 e. The minimum absolute atomic E-state index is 0.306. The minimum Gasteiger partial charge on any atom is -0.264 e. The zero-order valence-electron chi connectivity index (χ0n) is 6.71. The molecule has 0 atom stereocenters. The predicted octanol–water partition coefficient (Wildman–Crippen LogP) is 3.00. The van der Waals surface area contributed by atoms with Crippen molar-refractivity contribution in [2.75, 3.05) is 0 Å². The van der Waals surface area contributed by atoms with Crippen LogP contribution >= 0.6 is 15.9 Å². The molecule has 2 heteroatoms. The number of rotatable bonds is 0. The smallest absolute Gasteiger partial charge is 0.0840 e. The average Bonchev–Trinajstić information content (AvgIpc) is 2.03. The molecular weight excluding hydrogens is 202 g/mol. The van der Waals surface area contributed by atoms with E-state index in [0.29, 0.717) is 6.17 Å². The lowest BCUT2D eigenvalue weighted by atomic mass is 10.2. The molecule has 54 valence electrons. The summed E-state index contributed by atoms with van der Waals surface area (Å²) < 4.78 is 8.35. The molecule has 11 heavy (non-hydrogen) atoms. The number of halogens is 1. The number of aromatic nitrogens is 1. The Morgan fingerprint density at radius 1 is 1.27 bits per heavy atom. The highest BCUT2D eigenvalue weighted by Gasteiger charge is 1.91. The molecule has 0 aliphatic carbocycles. The molecule has 2 rings (SSSR count). The highest BCUT2D eigenvalue weighted by atomic mass is 79.9. The van der Waals surface area contributed by atoms with E-state index in [4.69, 9.17) is 1.37 Å². The second kappa shape index (κ2) is 2.62. The lowest BCUT2D eigenvalue weighted by molar-refractivity contribution is 1.36. The molecule has 1 nitrogen and oxygen atoms in total. The summed E-state index contributed by atoms with van der Waals surface area (Å²) in [6.45, 7) is 0. The molecule has 2 aromatic rings. The molecule has 0 aliphatic heterocycles. The van der Waals surface area contributed by atoms with E-state index in [2.05, 4.69) is 20.9 Å². The molecule has 0 bridgehead atoms. The Morgan fingerprint density at radius 3 is 3.09 bits per heavy atom. The van der Waals surface area contributed by atoms with Crippen LogP contribution in [0.3, 0.4) is 0 Å². The fourth-order valence-electron chi connectivity index (χ4n) is 1.00. The third-order valence-electron chi connectivity index (χ3n) is 1.55. The maximum atomic E-state index is 7.32. The number of hydrogen-bond donors (Lipinski definition) is 0. The third kappa shape index (κ3) is 1.26. The Hall–Kier alpha value is -0.890. The molecule has 0 fully saturated rings. The fraction of sp³-hybridized carbons (Fsp3) is 0. The van der Waals surface area contributed by atoms with Gasteiger partial charge in [-0.15, -0.1) is 0 Å². The van der Waals surface area contributed by atoms with Gasteiger partial charge in [-0.05, 0) is 23.6 Å². The van der Waals surface area contributed by atoms with Crippen LogP contribution < -0.4 is 0 Å². The summed E-state index contributed by atoms with van der Waals surface area (Å²) >= 11 is 3.38. The lowest BCUT2D eigenvalue weighted by Gasteiger charge is -1.95. The molecule has 0 aliphatic rings. The van der Waals surface area contributed by atoms with Crippen LogP contribution in [0.2, 0.25) is 0 Å². The van der Waals surface area contributed by atoms with Crippen molar-refractivity contribution < 1.29 is 1.37 Å². The highest BCUT2D eigenvalue weighted by molar-refractivity contribution is 9.10. The molecule has 0 unspecified atom stereocenters. The van der Waals surface area contributed by atoms with Gasteiger partial charge in [0.2, 0.25) is 0 Å². The van der Waals surface area contributed by atoms with E-state index in [1.54, 1.807) is 12.3 Å². The quantitative estimate of drug-likeness (QED) is 0.649. The average molecular weight is 209 g/mol. The number of pyridine rings is 1. The van der Waals surface area contributed by atoms with Crippen molar-refractivity contribution in [2.24, 2.45) is 0 Å². The summed E-state index contributed by atoms with van der Waals surface area (Å²) in [5, 5.41) is 2.11. The molecule has 1 aromatic carbocycles. The van der Waals surface area contributed by atoms with E-state index in [1.165, 1.54) is 0 Å². The summed E-state index contributed by atoms with van der Waals surface area (Å²) in [6.07, 6.45) is 2.02. The van der Waals surface area contributed by atoms with E-state index in [0.717, 1.165) is 15.2 Å². The van der Waals surface area contributed by atoms with Crippen LogP contribution in [0.25, 0.3) is 10.8 Å². The topological polar surface area (TPSA) is 12.9 Å². The van der Waals surface area contributed by atoms with Crippen molar-refractivity contribution >= 4 is 26.7 Å². The minimum atomic E-state index is 0.306. The molecule has 1 heterocycles. The second-order valence-corrected chi connectivity index (χ2v) is 3.22. The van der Waals surface area contributed by atoms with Crippen molar-refractivity contribution in [3.63, 3.8) is 0 Å². The van der Waals surface area contributed by atoms with Gasteiger partial charge in [-0.2, -0.15) is 0 Å². The summed E-state index contributed by atoms with van der Waals surface area (Å²) in [5.41, 5.74) is 0. The molecule has 0 amide bonds. The predicted molar refractivity (Wildman–Crippen MR) is 49.4 cm³/mol. The Morgan fingerprint density at radius 2 is 2.18 bits per heavy atom. The molecule has 0 N–H and O–H groups in total. The van der Waals surface area contributed by atoms with Crippen molar-refractivity contribution in [1.29, 1.82) is 0 Å². The summed E-state index contributed by atoms with van der Waals surface area (Å²) in [6, 6.07) is 7.68. The Labute approximate surface area is 74.6 Å². The van der Waals surface area contributed by atoms with Crippen molar-refractivity contribution in [3.8, 4) is 0 Å². The van der Waals surface area contributed by atoms with Crippen molar-refractivity contribution in [3.05, 3.63) is 41.1 Å². The van der Waals surface area contributed by atoms with Gasteiger partial charge in [0, 0.05) is 22.2 Å². The molecule has 0 saturated carbocycles. The summed E-state index contributed by atoms with van der Waals surface area (Å²) in [7, 11) is 0. The third-order valence-corrected chi connectivity index (χ3v) is 2.04. The Bertz CT molecular complexity index is 391. The fourth-order valence-corrected chi connectivity index (χ4v) is 1.38. The maximum absolute atomic E-state index is 7.32. The standard InChI is InChI=1S/C9H6BrN/c10-9-2-1-8-6-11-4-3-7(8)5-9/h1-6H/i4D. The van der Waals surface area contributed by atoms with E-state index in [-0.39, 0.29) is 0 Å². The lowest BCUT2D eigenvalue weighted by Crippen LogP contribution is -1.73. The van der Waals surface area contributed by atoms with E-state index >= 15 is 0 Å². The summed E-state index contributed by atoms with van der Waals surface area (Å²) in [4.78, 5) is 3.89. The van der Waals surface area contributed by atoms with Crippen LogP contribution in [-0.2, 0) is 0 Å². The zero-order valence-corrected chi connectivity index (χ0v) is 7.30. The first kappa shape index (κ1) is 5.72. The molecule has 0 radical (unpaired) electrons. The zero-order chi connectivity index (χ0) is 8.55. The second-order valence-electron chi connectivity index (χ2n) is 2.30. The largest absolute Gasteiger partial charge is 0.264 e. The van der Waals surface area contributed by atoms with Gasteiger partial charge in [-0.3, -0.25) is 4.98 Å². The highest BCUT2D eigenvalue weighted by Crippen LogP contribution is 2.17. The monoisotopic (exact) mass is 208 g/mol. The first-order chi connectivity index (χ1) is 5.75. The first-order valence-corrected chi connectivity index (χ1v) is 4.07. The van der Waals surface area contributed by atoms with Crippen LogP contribution in [0.1, 0.15) is 1.37 Å². The van der Waals surface area contributed by atoms with Crippen LogP contribution in [-0.4, -0.2) is 4.98 Å². The molecule has 1 aromatic heterocycles. The SMILES string of the molecule is [2H]c1cc2cc(Br)ccc2cn1. The van der Waals surface area contributed by atoms with Crippen LogP contribution in [0.5, 0.6) is 0 Å². The van der Waals surface area contributed by atoms with Crippen LogP contribution in [0.15, 0.2) is 41.1 Å². The van der Waals surface area contributed by atoms with E-state index < -0.39 is 0 Å². The number of nitrogens with zero attached hydrogens (tertiary/aromatic N) is 1. The Kier molecular flexibility index (Phi) is 1.37. The number of fused-ring (bicyclic) bond motifs is 1. The van der Waals surface area contributed by atoms with Gasteiger partial charge >= 0.3 is 0 Å². The number of benzene rings is 1. The van der Waals surface area contributed by atoms with Gasteiger partial charge in [-0.1, -0.05) is 22.0 Å². The molecular formula is C9H6BrN. The van der Waals surface area contributed by atoms with Gasteiger partial charge in [0.25, 0.3) is 0 Å². The number of hydrogen-bond acceptors (Lipinski definition) is 1. The van der Waals surface area contributed by atoms with Crippen molar-refractivity contribution in [2.45, 2.75) is 0 Å². The van der Waals surface area contributed by atoms with Gasteiger partial charge in [0.1, 0.15) is 0 Å². The molecule has 0 saturated heterocycles. The van der Waals surface area contributed by atoms with Gasteiger partial charge in [-0.25, -0.2) is 0 Å². The van der Waals surface area contributed by atoms with Crippen LogP contribution in [0.4, 0.5) is 0 Å². The van der Waals surface area contributed by atoms with E-state index in [9.17, 15) is 0 Å². The van der Waals surface area contributed by atoms with Crippen LogP contribution in [0, 0.1) is 0 Å². The normalized spacial score (nSPS) is 11.5. The van der Waals surface area contributed by atoms with Gasteiger partial charge < -0.3 is 0 Å². The van der Waals surface area contributed by atoms with Crippen molar-refractivity contribution in [1.82, 2.24) is 4.98 Å². The van der Waals surface area contributed by atoms with Gasteiger partial charge in [0.05, 0.1) is 1.37 Å².